The molecule has 4 amide bonds. The van der Waals surface area contributed by atoms with E-state index in [1.54, 1.807) is 7.05 Å². The van der Waals surface area contributed by atoms with Crippen molar-refractivity contribution < 1.29 is 14.4 Å². The molecule has 22 heavy (non-hydrogen) atoms. The Morgan fingerprint density at radius 3 is 2.82 bits per heavy atom. The molecular weight excluding hydrogens is 282 g/mol. The summed E-state index contributed by atoms with van der Waals surface area (Å²) in [5, 5.41) is 2.95. The first-order valence-electron chi connectivity index (χ1n) is 7.49. The number of urea groups is 1. The van der Waals surface area contributed by atoms with Crippen molar-refractivity contribution >= 4 is 17.8 Å². The van der Waals surface area contributed by atoms with E-state index >= 15 is 0 Å². The Morgan fingerprint density at radius 2 is 2.09 bits per heavy atom. The molecule has 1 aliphatic heterocycles. The number of carbonyl (C=O) groups is 3. The van der Waals surface area contributed by atoms with Crippen LogP contribution in [0.4, 0.5) is 4.79 Å². The quantitative estimate of drug-likeness (QED) is 0.849. The molecule has 116 valence electrons. The van der Waals surface area contributed by atoms with E-state index in [1.165, 1.54) is 10.5 Å². The van der Waals surface area contributed by atoms with Crippen LogP contribution >= 0.6 is 0 Å². The summed E-state index contributed by atoms with van der Waals surface area (Å²) in [6.45, 7) is -0.168. The Balaban J connectivity index is 1.66. The number of rotatable bonds is 3. The molecule has 1 atom stereocenters. The van der Waals surface area contributed by atoms with Crippen molar-refractivity contribution in [1.82, 2.24) is 15.1 Å². The van der Waals surface area contributed by atoms with Crippen LogP contribution in [-0.4, -0.2) is 47.8 Å². The molecule has 0 saturated carbocycles. The van der Waals surface area contributed by atoms with Crippen molar-refractivity contribution in [2.45, 2.75) is 25.3 Å². The zero-order valence-electron chi connectivity index (χ0n) is 12.5. The van der Waals surface area contributed by atoms with E-state index in [4.69, 9.17) is 0 Å². The lowest BCUT2D eigenvalue weighted by atomic mass is 9.88. The Labute approximate surface area is 129 Å². The Morgan fingerprint density at radius 1 is 1.32 bits per heavy atom. The lowest BCUT2D eigenvalue weighted by molar-refractivity contribution is -0.131. The monoisotopic (exact) mass is 301 g/mol. The van der Waals surface area contributed by atoms with Crippen LogP contribution in [0.15, 0.2) is 24.3 Å². The van der Waals surface area contributed by atoms with Crippen molar-refractivity contribution in [3.05, 3.63) is 35.4 Å². The van der Waals surface area contributed by atoms with Crippen LogP contribution < -0.4 is 5.32 Å². The molecule has 0 aromatic heterocycles. The van der Waals surface area contributed by atoms with Gasteiger partial charge in [-0.05, 0) is 30.4 Å². The maximum Gasteiger partial charge on any atom is 0.327 e. The number of hydrogen-bond donors (Lipinski definition) is 1. The lowest BCUT2D eigenvalue weighted by Gasteiger charge is -2.27. The second-order valence-corrected chi connectivity index (χ2v) is 5.83. The molecular formula is C16H19N3O3. The molecule has 6 heteroatoms. The van der Waals surface area contributed by atoms with Gasteiger partial charge in [0.15, 0.2) is 0 Å². The fourth-order valence-electron chi connectivity index (χ4n) is 3.11. The largest absolute Gasteiger partial charge is 0.348 e. The number of benzene rings is 1. The van der Waals surface area contributed by atoms with E-state index < -0.39 is 6.03 Å². The van der Waals surface area contributed by atoms with Gasteiger partial charge in [-0.2, -0.15) is 0 Å². The third-order valence-corrected chi connectivity index (χ3v) is 4.24. The molecule has 0 bridgehead atoms. The molecule has 3 rings (SSSR count). The van der Waals surface area contributed by atoms with E-state index in [0.717, 1.165) is 29.7 Å². The average molecular weight is 301 g/mol. The highest BCUT2D eigenvalue weighted by atomic mass is 16.2. The van der Waals surface area contributed by atoms with Crippen LogP contribution in [0.3, 0.4) is 0 Å². The number of nitrogens with one attached hydrogen (secondary N) is 1. The second kappa shape index (κ2) is 5.79. The fraction of sp³-hybridized carbons (Fsp3) is 0.438. The molecule has 6 nitrogen and oxygen atoms in total. The van der Waals surface area contributed by atoms with Gasteiger partial charge < -0.3 is 10.2 Å². The molecule has 1 heterocycles. The van der Waals surface area contributed by atoms with Crippen molar-refractivity contribution in [2.24, 2.45) is 0 Å². The molecule has 0 spiro atoms. The molecule has 2 aliphatic rings. The number of hydrogen-bond acceptors (Lipinski definition) is 3. The van der Waals surface area contributed by atoms with Crippen molar-refractivity contribution in [1.29, 1.82) is 0 Å². The van der Waals surface area contributed by atoms with Gasteiger partial charge in [0.1, 0.15) is 13.1 Å². The summed E-state index contributed by atoms with van der Waals surface area (Å²) in [5.74, 6) is -0.620. The molecule has 1 aliphatic carbocycles. The first kappa shape index (κ1) is 14.6. The first-order valence-corrected chi connectivity index (χ1v) is 7.49. The number of imide groups is 1. The standard InChI is InChI=1S/C16H19N3O3/c1-18-10-15(21)19(16(18)22)9-14(20)17-13-8-4-6-11-5-2-3-7-12(11)13/h2-3,5,7,13H,4,6,8-10H2,1H3,(H,17,20)/t13-/m0/s1. The normalized spacial score (nSPS) is 21.0. The van der Waals surface area contributed by atoms with Crippen LogP contribution in [-0.2, 0) is 16.0 Å². The van der Waals surface area contributed by atoms with Gasteiger partial charge in [0.05, 0.1) is 6.04 Å². The number of amides is 4. The minimum absolute atomic E-state index is 0.0389. The van der Waals surface area contributed by atoms with Crippen LogP contribution in [0.2, 0.25) is 0 Å². The van der Waals surface area contributed by atoms with Crippen LogP contribution in [0.25, 0.3) is 0 Å². The molecule has 1 N–H and O–H groups in total. The summed E-state index contributed by atoms with van der Waals surface area (Å²) in [7, 11) is 1.55. The van der Waals surface area contributed by atoms with E-state index in [2.05, 4.69) is 11.4 Å². The highest BCUT2D eigenvalue weighted by Gasteiger charge is 2.35. The third kappa shape index (κ3) is 2.68. The Bertz CT molecular complexity index is 629. The first-order chi connectivity index (χ1) is 10.6. The average Bonchev–Trinajstić information content (AvgIpc) is 2.74. The minimum atomic E-state index is -0.413. The predicted molar refractivity (Wildman–Crippen MR) is 80.0 cm³/mol. The SMILES string of the molecule is CN1CC(=O)N(CC(=O)N[C@H]2CCCc3ccccc32)C1=O. The molecule has 0 radical (unpaired) electrons. The van der Waals surface area contributed by atoms with Gasteiger partial charge >= 0.3 is 6.03 Å². The minimum Gasteiger partial charge on any atom is -0.348 e. The van der Waals surface area contributed by atoms with Crippen LogP contribution in [0.1, 0.15) is 30.0 Å². The van der Waals surface area contributed by atoms with E-state index in [9.17, 15) is 14.4 Å². The van der Waals surface area contributed by atoms with Gasteiger partial charge in [-0.1, -0.05) is 24.3 Å². The molecule has 0 unspecified atom stereocenters. The van der Waals surface area contributed by atoms with Crippen LogP contribution in [0, 0.1) is 0 Å². The van der Waals surface area contributed by atoms with Gasteiger partial charge in [0, 0.05) is 7.05 Å². The van der Waals surface area contributed by atoms with Gasteiger partial charge in [-0.25, -0.2) is 4.79 Å². The number of fused-ring (bicyclic) bond motifs is 1. The van der Waals surface area contributed by atoms with Gasteiger partial charge in [-0.15, -0.1) is 0 Å². The molecule has 1 aromatic carbocycles. The van der Waals surface area contributed by atoms with Crippen molar-refractivity contribution in [2.75, 3.05) is 20.1 Å². The van der Waals surface area contributed by atoms with E-state index in [1.807, 2.05) is 18.2 Å². The Hall–Kier alpha value is -2.37. The molecule has 1 aromatic rings. The van der Waals surface area contributed by atoms with Gasteiger partial charge in [-0.3, -0.25) is 14.5 Å². The maximum atomic E-state index is 12.2. The fourth-order valence-corrected chi connectivity index (χ4v) is 3.11. The number of nitrogens with zero attached hydrogens (tertiary/aromatic N) is 2. The highest BCUT2D eigenvalue weighted by Crippen LogP contribution is 2.29. The zero-order valence-corrected chi connectivity index (χ0v) is 12.5. The summed E-state index contributed by atoms with van der Waals surface area (Å²) in [5.41, 5.74) is 2.39. The summed E-state index contributed by atoms with van der Waals surface area (Å²) >= 11 is 0. The molecule has 1 saturated heterocycles. The number of carbonyl (C=O) groups excluding carboxylic acids is 3. The summed E-state index contributed by atoms with van der Waals surface area (Å²) in [4.78, 5) is 38.0. The summed E-state index contributed by atoms with van der Waals surface area (Å²) in [6, 6.07) is 7.62. The maximum absolute atomic E-state index is 12.2. The third-order valence-electron chi connectivity index (χ3n) is 4.24. The number of aryl methyl sites for hydroxylation is 1. The lowest BCUT2D eigenvalue weighted by Crippen LogP contribution is -2.42. The van der Waals surface area contributed by atoms with Gasteiger partial charge in [0.2, 0.25) is 5.91 Å². The highest BCUT2D eigenvalue weighted by molar-refractivity contribution is 6.04. The van der Waals surface area contributed by atoms with Crippen molar-refractivity contribution in [3.8, 4) is 0 Å². The van der Waals surface area contributed by atoms with Crippen molar-refractivity contribution in [3.63, 3.8) is 0 Å². The van der Waals surface area contributed by atoms with Crippen LogP contribution in [0.5, 0.6) is 0 Å². The number of likely N-dealkylation sites (N-methyl/N-ethyl adjacent to an activating group) is 1. The smallest absolute Gasteiger partial charge is 0.327 e. The summed E-state index contributed by atoms with van der Waals surface area (Å²) < 4.78 is 0. The summed E-state index contributed by atoms with van der Waals surface area (Å²) in [6.07, 6.45) is 2.92. The van der Waals surface area contributed by atoms with Gasteiger partial charge in [0.25, 0.3) is 5.91 Å². The molecule has 1 fully saturated rings. The van der Waals surface area contributed by atoms with E-state index in [-0.39, 0.29) is 30.9 Å². The Kier molecular flexibility index (Phi) is 3.83. The predicted octanol–water partition coefficient (Wildman–Crippen LogP) is 1.07. The second-order valence-electron chi connectivity index (χ2n) is 5.83. The zero-order chi connectivity index (χ0) is 15.7. The topological polar surface area (TPSA) is 69.7 Å². The van der Waals surface area contributed by atoms with E-state index in [0.29, 0.717) is 0 Å².